The van der Waals surface area contributed by atoms with Crippen LogP contribution in [0.15, 0.2) is 0 Å². The predicted molar refractivity (Wildman–Crippen MR) is 40.3 cm³/mol. The van der Waals surface area contributed by atoms with Gasteiger partial charge in [0.15, 0.2) is 0 Å². The number of nitrogens with one attached hydrogen (secondary N) is 1. The van der Waals surface area contributed by atoms with Gasteiger partial charge in [-0.1, -0.05) is 0 Å². The minimum absolute atomic E-state index is 0.378. The summed E-state index contributed by atoms with van der Waals surface area (Å²) >= 11 is 0. The highest BCUT2D eigenvalue weighted by Gasteiger charge is 2.35. The van der Waals surface area contributed by atoms with Crippen LogP contribution >= 0.6 is 0 Å². The molecule has 0 radical (unpaired) electrons. The summed E-state index contributed by atoms with van der Waals surface area (Å²) < 4.78 is 18.6. The van der Waals surface area contributed by atoms with Gasteiger partial charge in [0.05, 0.1) is 12.7 Å². The topological polar surface area (TPSA) is 24.6 Å². The predicted octanol–water partition coefficient (Wildman–Crippen LogP) is 0.867. The molecule has 2 rings (SSSR count). The van der Waals surface area contributed by atoms with Gasteiger partial charge in [-0.3, -0.25) is 0 Å². The monoisotopic (exact) mass is 159 g/mol. The first-order chi connectivity index (χ1) is 5.29. The fourth-order valence-corrected chi connectivity index (χ4v) is 1.58. The van der Waals surface area contributed by atoms with Gasteiger partial charge >= 0.3 is 0 Å². The standard InChI is InChI=1S/C8H14FNO/c9-8(3-4-10-6-8)2-1-7-5-11-7/h7,10H,1-6H2. The molecule has 2 aliphatic heterocycles. The summed E-state index contributed by atoms with van der Waals surface area (Å²) in [5.41, 5.74) is -0.925. The largest absolute Gasteiger partial charge is 0.373 e. The maximum absolute atomic E-state index is 13.6. The summed E-state index contributed by atoms with van der Waals surface area (Å²) in [5.74, 6) is 0. The molecule has 0 aromatic carbocycles. The third kappa shape index (κ3) is 1.91. The summed E-state index contributed by atoms with van der Waals surface area (Å²) in [5, 5.41) is 3.04. The van der Waals surface area contributed by atoms with Crippen LogP contribution in [-0.4, -0.2) is 31.5 Å². The van der Waals surface area contributed by atoms with E-state index in [2.05, 4.69) is 5.32 Å². The SMILES string of the molecule is FC1(CCC2CO2)CCNC1. The van der Waals surface area contributed by atoms with Crippen molar-refractivity contribution in [2.75, 3.05) is 19.7 Å². The van der Waals surface area contributed by atoms with Gasteiger partial charge in [0, 0.05) is 6.54 Å². The molecular weight excluding hydrogens is 145 g/mol. The molecule has 3 heteroatoms. The number of halogens is 1. The number of hydrogen-bond acceptors (Lipinski definition) is 2. The molecule has 2 unspecified atom stereocenters. The van der Waals surface area contributed by atoms with Crippen LogP contribution in [0.4, 0.5) is 4.39 Å². The van der Waals surface area contributed by atoms with Gasteiger partial charge in [-0.05, 0) is 25.8 Å². The second-order valence-corrected chi connectivity index (χ2v) is 3.57. The van der Waals surface area contributed by atoms with Crippen molar-refractivity contribution in [1.29, 1.82) is 0 Å². The van der Waals surface area contributed by atoms with Gasteiger partial charge in [-0.25, -0.2) is 4.39 Å². The number of epoxide rings is 1. The first-order valence-corrected chi connectivity index (χ1v) is 4.30. The molecular formula is C8H14FNO. The molecule has 0 amide bonds. The Morgan fingerprint density at radius 1 is 1.64 bits per heavy atom. The van der Waals surface area contributed by atoms with Crippen LogP contribution in [0.5, 0.6) is 0 Å². The Bertz CT molecular complexity index is 141. The highest BCUT2D eigenvalue weighted by Crippen LogP contribution is 2.28. The summed E-state index contributed by atoms with van der Waals surface area (Å²) in [6.07, 6.45) is 2.63. The van der Waals surface area contributed by atoms with E-state index in [4.69, 9.17) is 4.74 Å². The van der Waals surface area contributed by atoms with Gasteiger partial charge in [-0.2, -0.15) is 0 Å². The van der Waals surface area contributed by atoms with E-state index >= 15 is 0 Å². The molecule has 0 bridgehead atoms. The molecule has 2 heterocycles. The first-order valence-electron chi connectivity index (χ1n) is 4.30. The molecule has 2 fully saturated rings. The Hall–Kier alpha value is -0.150. The lowest BCUT2D eigenvalue weighted by Crippen LogP contribution is -2.26. The van der Waals surface area contributed by atoms with Crippen molar-refractivity contribution in [3.05, 3.63) is 0 Å². The molecule has 2 atom stereocenters. The fourth-order valence-electron chi connectivity index (χ4n) is 1.58. The number of alkyl halides is 1. The molecule has 0 aromatic rings. The summed E-state index contributed by atoms with van der Waals surface area (Å²) in [6.45, 7) is 2.23. The van der Waals surface area contributed by atoms with Gasteiger partial charge in [0.25, 0.3) is 0 Å². The Balaban J connectivity index is 1.73. The Kier molecular flexibility index (Phi) is 1.85. The van der Waals surface area contributed by atoms with Crippen LogP contribution in [0, 0.1) is 0 Å². The van der Waals surface area contributed by atoms with E-state index in [9.17, 15) is 4.39 Å². The van der Waals surface area contributed by atoms with Crippen LogP contribution in [0.3, 0.4) is 0 Å². The molecule has 64 valence electrons. The van der Waals surface area contributed by atoms with E-state index in [0.717, 1.165) is 19.6 Å². The molecule has 2 nitrogen and oxygen atoms in total. The average molecular weight is 159 g/mol. The highest BCUT2D eigenvalue weighted by atomic mass is 19.1. The third-order valence-electron chi connectivity index (χ3n) is 2.51. The lowest BCUT2D eigenvalue weighted by Gasteiger charge is -2.16. The lowest BCUT2D eigenvalue weighted by molar-refractivity contribution is 0.166. The number of ether oxygens (including phenoxy) is 1. The number of rotatable bonds is 3. The molecule has 0 saturated carbocycles. The minimum atomic E-state index is -0.925. The molecule has 2 aliphatic rings. The zero-order chi connectivity index (χ0) is 7.73. The molecule has 0 spiro atoms. The normalized spacial score (nSPS) is 42.8. The van der Waals surface area contributed by atoms with Gasteiger partial charge in [0.2, 0.25) is 0 Å². The van der Waals surface area contributed by atoms with Crippen molar-refractivity contribution in [2.45, 2.75) is 31.0 Å². The van der Waals surface area contributed by atoms with Crippen LogP contribution in [-0.2, 0) is 4.74 Å². The van der Waals surface area contributed by atoms with Crippen LogP contribution in [0.2, 0.25) is 0 Å². The van der Waals surface area contributed by atoms with Crippen molar-refractivity contribution >= 4 is 0 Å². The maximum atomic E-state index is 13.6. The highest BCUT2D eigenvalue weighted by molar-refractivity contribution is 4.89. The second kappa shape index (κ2) is 2.72. The Labute approximate surface area is 66.1 Å². The maximum Gasteiger partial charge on any atom is 0.124 e. The Morgan fingerprint density at radius 3 is 3.00 bits per heavy atom. The summed E-state index contributed by atoms with van der Waals surface area (Å²) in [4.78, 5) is 0. The van der Waals surface area contributed by atoms with Crippen molar-refractivity contribution < 1.29 is 9.13 Å². The quantitative estimate of drug-likeness (QED) is 0.618. The van der Waals surface area contributed by atoms with Crippen LogP contribution in [0.1, 0.15) is 19.3 Å². The average Bonchev–Trinajstić information content (AvgIpc) is 2.73. The van der Waals surface area contributed by atoms with Crippen molar-refractivity contribution in [3.63, 3.8) is 0 Å². The number of hydrogen-bond donors (Lipinski definition) is 1. The lowest BCUT2D eigenvalue weighted by atomic mass is 9.98. The van der Waals surface area contributed by atoms with E-state index < -0.39 is 5.67 Å². The zero-order valence-corrected chi connectivity index (χ0v) is 6.61. The van der Waals surface area contributed by atoms with E-state index in [1.54, 1.807) is 0 Å². The zero-order valence-electron chi connectivity index (χ0n) is 6.61. The van der Waals surface area contributed by atoms with Crippen molar-refractivity contribution in [1.82, 2.24) is 5.32 Å². The molecule has 1 N–H and O–H groups in total. The van der Waals surface area contributed by atoms with Gasteiger partial charge < -0.3 is 10.1 Å². The van der Waals surface area contributed by atoms with Gasteiger partial charge in [-0.15, -0.1) is 0 Å². The van der Waals surface area contributed by atoms with E-state index in [1.807, 2.05) is 0 Å². The Morgan fingerprint density at radius 2 is 2.45 bits per heavy atom. The van der Waals surface area contributed by atoms with Crippen molar-refractivity contribution in [3.8, 4) is 0 Å². The summed E-state index contributed by atoms with van der Waals surface area (Å²) in [6, 6.07) is 0. The fraction of sp³-hybridized carbons (Fsp3) is 1.00. The molecule has 11 heavy (non-hydrogen) atoms. The molecule has 0 aliphatic carbocycles. The third-order valence-corrected chi connectivity index (χ3v) is 2.51. The van der Waals surface area contributed by atoms with Crippen LogP contribution in [0.25, 0.3) is 0 Å². The smallest absolute Gasteiger partial charge is 0.124 e. The van der Waals surface area contributed by atoms with E-state index in [1.165, 1.54) is 0 Å². The minimum Gasteiger partial charge on any atom is -0.373 e. The van der Waals surface area contributed by atoms with E-state index in [0.29, 0.717) is 25.5 Å². The van der Waals surface area contributed by atoms with Crippen LogP contribution < -0.4 is 5.32 Å². The van der Waals surface area contributed by atoms with Gasteiger partial charge in [0.1, 0.15) is 5.67 Å². The summed E-state index contributed by atoms with van der Waals surface area (Å²) in [7, 11) is 0. The molecule has 0 aromatic heterocycles. The first kappa shape index (κ1) is 7.50. The molecule has 2 saturated heterocycles. The second-order valence-electron chi connectivity index (χ2n) is 3.57. The van der Waals surface area contributed by atoms with E-state index in [-0.39, 0.29) is 0 Å². The van der Waals surface area contributed by atoms with Crippen molar-refractivity contribution in [2.24, 2.45) is 0 Å².